The van der Waals surface area contributed by atoms with Gasteiger partial charge in [0.2, 0.25) is 0 Å². The fraction of sp³-hybridized carbons (Fsp3) is 0.909. The number of aliphatic imine (C=N–C) groups is 1. The molecule has 5 heteroatoms. The molecule has 16 heavy (non-hydrogen) atoms. The molecule has 0 aliphatic carbocycles. The summed E-state index contributed by atoms with van der Waals surface area (Å²) >= 11 is 0. The number of nitrogens with one attached hydrogen (secondary N) is 2. The minimum atomic E-state index is -0.110. The first-order chi connectivity index (χ1) is 7.70. The van der Waals surface area contributed by atoms with Gasteiger partial charge in [-0.1, -0.05) is 0 Å². The number of rotatable bonds is 5. The highest BCUT2D eigenvalue weighted by Crippen LogP contribution is 2.24. The second kappa shape index (κ2) is 6.70. The van der Waals surface area contributed by atoms with E-state index in [0.717, 1.165) is 32.0 Å². The van der Waals surface area contributed by atoms with Gasteiger partial charge in [0.25, 0.3) is 0 Å². The lowest BCUT2D eigenvalue weighted by molar-refractivity contribution is 0.0283. The van der Waals surface area contributed by atoms with Crippen molar-refractivity contribution >= 4 is 5.96 Å². The summed E-state index contributed by atoms with van der Waals surface area (Å²) in [4.78, 5) is 4.46. The maximum atomic E-state index is 8.74. The Kier molecular flexibility index (Phi) is 5.55. The summed E-state index contributed by atoms with van der Waals surface area (Å²) in [6, 6.07) is 0. The van der Waals surface area contributed by atoms with E-state index < -0.39 is 0 Å². The maximum Gasteiger partial charge on any atom is 0.191 e. The van der Waals surface area contributed by atoms with Crippen molar-refractivity contribution in [3.63, 3.8) is 0 Å². The second-order valence-electron chi connectivity index (χ2n) is 4.25. The molecule has 1 aliphatic heterocycles. The molecule has 1 unspecified atom stereocenters. The molecular formula is C11H23N3O2. The van der Waals surface area contributed by atoms with Gasteiger partial charge in [0.1, 0.15) is 0 Å². The van der Waals surface area contributed by atoms with E-state index in [1.165, 1.54) is 0 Å². The minimum absolute atomic E-state index is 0.109. The van der Waals surface area contributed by atoms with E-state index >= 15 is 0 Å². The first kappa shape index (κ1) is 13.3. The van der Waals surface area contributed by atoms with Crippen LogP contribution >= 0.6 is 0 Å². The van der Waals surface area contributed by atoms with Gasteiger partial charge < -0.3 is 20.5 Å². The Bertz CT molecular complexity index is 225. The van der Waals surface area contributed by atoms with Gasteiger partial charge in [0.05, 0.1) is 18.8 Å². The van der Waals surface area contributed by atoms with Crippen LogP contribution < -0.4 is 10.6 Å². The summed E-state index contributed by atoms with van der Waals surface area (Å²) < 4.78 is 5.66. The third-order valence-corrected chi connectivity index (χ3v) is 2.62. The van der Waals surface area contributed by atoms with E-state index in [0.29, 0.717) is 13.1 Å². The Morgan fingerprint density at radius 1 is 1.50 bits per heavy atom. The normalized spacial score (nSPS) is 25.8. The zero-order chi connectivity index (χ0) is 11.9. The Balaban J connectivity index is 2.42. The van der Waals surface area contributed by atoms with Crippen molar-refractivity contribution in [3.05, 3.63) is 0 Å². The third-order valence-electron chi connectivity index (χ3n) is 2.62. The fourth-order valence-corrected chi connectivity index (χ4v) is 1.72. The average molecular weight is 229 g/mol. The van der Waals surface area contributed by atoms with Crippen LogP contribution in [0.4, 0.5) is 0 Å². The van der Waals surface area contributed by atoms with Gasteiger partial charge in [0, 0.05) is 19.7 Å². The maximum absolute atomic E-state index is 8.74. The van der Waals surface area contributed by atoms with Crippen LogP contribution in [0.5, 0.6) is 0 Å². The van der Waals surface area contributed by atoms with Crippen molar-refractivity contribution in [3.8, 4) is 0 Å². The topological polar surface area (TPSA) is 65.9 Å². The molecule has 1 fully saturated rings. The predicted molar refractivity (Wildman–Crippen MR) is 64.7 cm³/mol. The SMILES string of the molecule is CCNC(=NCC1(C)CCCO1)NCCO. The van der Waals surface area contributed by atoms with Crippen molar-refractivity contribution in [2.24, 2.45) is 4.99 Å². The Morgan fingerprint density at radius 3 is 2.88 bits per heavy atom. The summed E-state index contributed by atoms with van der Waals surface area (Å²) in [5.74, 6) is 0.744. The molecule has 5 nitrogen and oxygen atoms in total. The monoisotopic (exact) mass is 229 g/mol. The molecule has 0 radical (unpaired) electrons. The quantitative estimate of drug-likeness (QED) is 0.462. The molecule has 0 aromatic carbocycles. The zero-order valence-corrected chi connectivity index (χ0v) is 10.3. The van der Waals surface area contributed by atoms with E-state index in [2.05, 4.69) is 22.5 Å². The molecule has 0 aromatic heterocycles. The molecule has 1 aliphatic rings. The number of aliphatic hydroxyl groups is 1. The first-order valence-corrected chi connectivity index (χ1v) is 5.97. The molecule has 0 bridgehead atoms. The van der Waals surface area contributed by atoms with E-state index in [4.69, 9.17) is 9.84 Å². The van der Waals surface area contributed by atoms with Crippen molar-refractivity contribution in [1.82, 2.24) is 10.6 Å². The molecule has 0 amide bonds. The number of hydrogen-bond acceptors (Lipinski definition) is 3. The predicted octanol–water partition coefficient (Wildman–Crippen LogP) is 0.103. The number of hydrogen-bond donors (Lipinski definition) is 3. The van der Waals surface area contributed by atoms with E-state index in [1.807, 2.05) is 6.92 Å². The molecule has 1 atom stereocenters. The third kappa shape index (κ3) is 4.37. The summed E-state index contributed by atoms with van der Waals surface area (Å²) in [5, 5.41) is 14.9. The molecule has 1 rings (SSSR count). The molecular weight excluding hydrogens is 206 g/mol. The largest absolute Gasteiger partial charge is 0.395 e. The number of aliphatic hydroxyl groups excluding tert-OH is 1. The lowest BCUT2D eigenvalue weighted by Gasteiger charge is -2.21. The summed E-state index contributed by atoms with van der Waals surface area (Å²) in [6.45, 7) is 7.06. The van der Waals surface area contributed by atoms with Crippen LogP contribution in [0.1, 0.15) is 26.7 Å². The van der Waals surface area contributed by atoms with Crippen LogP contribution in [0.15, 0.2) is 4.99 Å². The molecule has 94 valence electrons. The smallest absolute Gasteiger partial charge is 0.191 e. The highest BCUT2D eigenvalue weighted by Gasteiger charge is 2.29. The average Bonchev–Trinajstić information content (AvgIpc) is 2.70. The molecule has 1 heterocycles. The van der Waals surface area contributed by atoms with Crippen LogP contribution in [-0.4, -0.2) is 49.5 Å². The van der Waals surface area contributed by atoms with Gasteiger partial charge in [-0.2, -0.15) is 0 Å². The van der Waals surface area contributed by atoms with Crippen LogP contribution in [-0.2, 0) is 4.74 Å². The first-order valence-electron chi connectivity index (χ1n) is 5.97. The molecule has 0 saturated carbocycles. The fourth-order valence-electron chi connectivity index (χ4n) is 1.72. The van der Waals surface area contributed by atoms with Crippen molar-refractivity contribution in [1.29, 1.82) is 0 Å². The Hall–Kier alpha value is -0.810. The summed E-state index contributed by atoms with van der Waals surface area (Å²) in [7, 11) is 0. The molecule has 3 N–H and O–H groups in total. The second-order valence-corrected chi connectivity index (χ2v) is 4.25. The Labute approximate surface area is 97.3 Å². The molecule has 0 aromatic rings. The van der Waals surface area contributed by atoms with Crippen molar-refractivity contribution in [2.45, 2.75) is 32.3 Å². The van der Waals surface area contributed by atoms with Gasteiger partial charge in [0.15, 0.2) is 5.96 Å². The highest BCUT2D eigenvalue weighted by atomic mass is 16.5. The van der Waals surface area contributed by atoms with E-state index in [1.54, 1.807) is 0 Å². The van der Waals surface area contributed by atoms with Gasteiger partial charge in [-0.25, -0.2) is 0 Å². The van der Waals surface area contributed by atoms with E-state index in [-0.39, 0.29) is 12.2 Å². The van der Waals surface area contributed by atoms with Gasteiger partial charge in [-0.15, -0.1) is 0 Å². The van der Waals surface area contributed by atoms with Gasteiger partial charge in [-0.05, 0) is 26.7 Å². The van der Waals surface area contributed by atoms with Crippen LogP contribution in [0, 0.1) is 0 Å². The zero-order valence-electron chi connectivity index (χ0n) is 10.3. The lowest BCUT2D eigenvalue weighted by Crippen LogP contribution is -2.40. The molecule has 1 saturated heterocycles. The van der Waals surface area contributed by atoms with Crippen LogP contribution in [0.3, 0.4) is 0 Å². The van der Waals surface area contributed by atoms with E-state index in [9.17, 15) is 0 Å². The summed E-state index contributed by atoms with van der Waals surface area (Å²) in [6.07, 6.45) is 2.18. The lowest BCUT2D eigenvalue weighted by atomic mass is 10.0. The number of nitrogens with zero attached hydrogens (tertiary/aromatic N) is 1. The van der Waals surface area contributed by atoms with Gasteiger partial charge in [-0.3, -0.25) is 4.99 Å². The van der Waals surface area contributed by atoms with Crippen LogP contribution in [0.2, 0.25) is 0 Å². The van der Waals surface area contributed by atoms with Crippen molar-refractivity contribution in [2.75, 3.05) is 32.8 Å². The highest BCUT2D eigenvalue weighted by molar-refractivity contribution is 5.79. The standard InChI is InChI=1S/C11H23N3O2/c1-3-12-10(13-6-7-15)14-9-11(2)5-4-8-16-11/h15H,3-9H2,1-2H3,(H2,12,13,14). The number of ether oxygens (including phenoxy) is 1. The molecule has 0 spiro atoms. The number of guanidine groups is 1. The van der Waals surface area contributed by atoms with Crippen molar-refractivity contribution < 1.29 is 9.84 Å². The van der Waals surface area contributed by atoms with Gasteiger partial charge >= 0.3 is 0 Å². The minimum Gasteiger partial charge on any atom is -0.395 e. The summed E-state index contributed by atoms with van der Waals surface area (Å²) in [5.41, 5.74) is -0.110. The van der Waals surface area contributed by atoms with Crippen LogP contribution in [0.25, 0.3) is 0 Å². The Morgan fingerprint density at radius 2 is 2.31 bits per heavy atom.